The first kappa shape index (κ1) is 41.6. The van der Waals surface area contributed by atoms with Crippen LogP contribution in [0, 0.1) is 22.7 Å². The maximum atomic E-state index is 15.9. The summed E-state index contributed by atoms with van der Waals surface area (Å²) in [5.41, 5.74) is -7.54. The van der Waals surface area contributed by atoms with Gasteiger partial charge in [0.15, 0.2) is 24.6 Å². The first-order chi connectivity index (χ1) is 28.0. The van der Waals surface area contributed by atoms with Crippen LogP contribution in [0.15, 0.2) is 102 Å². The lowest BCUT2D eigenvalue weighted by Gasteiger charge is -2.67. The summed E-state index contributed by atoms with van der Waals surface area (Å²) in [5, 5.41) is 25.2. The molecule has 0 amide bonds. The van der Waals surface area contributed by atoms with Crippen molar-refractivity contribution >= 4 is 29.7 Å². The number of Topliss-reactive ketones (excluding diaryl/α,β-unsaturated/α-hetero) is 1. The highest BCUT2D eigenvalue weighted by Gasteiger charge is 2.78. The topological polar surface area (TPSA) is 190 Å². The predicted octanol–water partition coefficient (Wildman–Crippen LogP) is 4.55. The summed E-state index contributed by atoms with van der Waals surface area (Å²) in [6.07, 6.45) is -6.17. The minimum atomic E-state index is -2.26. The number of carbonyl (C=O) groups is 5. The second-order valence-electron chi connectivity index (χ2n) is 16.4. The van der Waals surface area contributed by atoms with Gasteiger partial charge >= 0.3 is 23.9 Å². The maximum Gasteiger partial charge on any atom is 0.349 e. The van der Waals surface area contributed by atoms with E-state index in [1.54, 1.807) is 99.6 Å². The fourth-order valence-corrected chi connectivity index (χ4v) is 9.55. The Morgan fingerprint density at radius 2 is 1.37 bits per heavy atom. The van der Waals surface area contributed by atoms with E-state index < -0.39 is 113 Å². The Balaban J connectivity index is 1.42. The van der Waals surface area contributed by atoms with E-state index in [1.807, 2.05) is 0 Å². The SMILES string of the molecule is CC(=O)O[C@@]12CO[C@@H]1C[C@H](OC(=O)COc1ccccc1)[C@@]1(C)C(=O)C(OC(=O)COc3ccccc3)=C3C(C)C(O)C[C@@](O)([C@@H](OC(=O)c4ccccc4)[C@H]21)C3(C)C. The summed E-state index contributed by atoms with van der Waals surface area (Å²) in [7, 11) is 0. The number of aliphatic hydroxyl groups is 2. The van der Waals surface area contributed by atoms with Crippen molar-refractivity contribution in [3.05, 3.63) is 108 Å². The van der Waals surface area contributed by atoms with Crippen molar-refractivity contribution in [2.45, 2.75) is 83.1 Å². The molecule has 14 nitrogen and oxygen atoms in total. The van der Waals surface area contributed by atoms with Gasteiger partial charge in [-0.2, -0.15) is 0 Å². The second kappa shape index (κ2) is 15.9. The van der Waals surface area contributed by atoms with Crippen molar-refractivity contribution in [3.8, 4) is 11.5 Å². The summed E-state index contributed by atoms with van der Waals surface area (Å²) >= 11 is 0. The summed E-state index contributed by atoms with van der Waals surface area (Å²) in [4.78, 5) is 70.8. The third kappa shape index (κ3) is 7.27. The number of ketones is 1. The molecule has 0 spiro atoms. The molecule has 14 heteroatoms. The van der Waals surface area contributed by atoms with Crippen LogP contribution in [0.25, 0.3) is 0 Å². The van der Waals surface area contributed by atoms with E-state index in [4.69, 9.17) is 33.2 Å². The zero-order valence-electron chi connectivity index (χ0n) is 33.5. The zero-order valence-corrected chi connectivity index (χ0v) is 33.5. The van der Waals surface area contributed by atoms with E-state index >= 15 is 4.79 Å². The number of carbonyl (C=O) groups excluding carboxylic acids is 5. The van der Waals surface area contributed by atoms with E-state index in [1.165, 1.54) is 26.0 Å². The van der Waals surface area contributed by atoms with Gasteiger partial charge in [-0.25, -0.2) is 14.4 Å². The molecule has 0 radical (unpaired) electrons. The Bertz CT molecular complexity index is 2120. The number of fused-ring (bicyclic) bond motifs is 5. The van der Waals surface area contributed by atoms with Gasteiger partial charge in [-0.05, 0) is 48.9 Å². The fourth-order valence-electron chi connectivity index (χ4n) is 9.55. The van der Waals surface area contributed by atoms with Crippen molar-refractivity contribution in [3.63, 3.8) is 0 Å². The Labute approximate surface area is 341 Å². The largest absolute Gasteiger partial charge is 0.482 e. The Morgan fingerprint density at radius 3 is 1.92 bits per heavy atom. The van der Waals surface area contributed by atoms with Crippen molar-refractivity contribution in [1.82, 2.24) is 0 Å². The monoisotopic (exact) mass is 812 g/mol. The summed E-state index contributed by atoms with van der Waals surface area (Å²) < 4.78 is 42.1. The summed E-state index contributed by atoms with van der Waals surface area (Å²) in [6, 6.07) is 25.0. The van der Waals surface area contributed by atoms with Crippen LogP contribution in [0.1, 0.15) is 57.8 Å². The smallest absolute Gasteiger partial charge is 0.349 e. The molecule has 2 N–H and O–H groups in total. The number of rotatable bonds is 11. The molecule has 4 aliphatic rings. The highest BCUT2D eigenvalue weighted by molar-refractivity contribution is 6.02. The molecule has 2 unspecified atom stereocenters. The molecular formula is C45H48O14. The van der Waals surface area contributed by atoms with E-state index in [-0.39, 0.29) is 24.2 Å². The fraction of sp³-hybridized carbons (Fsp3) is 0.444. The number of ether oxygens (including phenoxy) is 7. The van der Waals surface area contributed by atoms with Crippen molar-refractivity contribution in [2.24, 2.45) is 22.7 Å². The van der Waals surface area contributed by atoms with Crippen LogP contribution in [0.5, 0.6) is 11.5 Å². The highest BCUT2D eigenvalue weighted by Crippen LogP contribution is 2.65. The molecule has 3 aliphatic carbocycles. The van der Waals surface area contributed by atoms with E-state index in [2.05, 4.69) is 0 Å². The van der Waals surface area contributed by atoms with Crippen LogP contribution < -0.4 is 9.47 Å². The number of hydrogen-bond acceptors (Lipinski definition) is 14. The van der Waals surface area contributed by atoms with Gasteiger partial charge in [0.05, 0.1) is 29.6 Å². The van der Waals surface area contributed by atoms with Gasteiger partial charge in [-0.3, -0.25) is 9.59 Å². The minimum Gasteiger partial charge on any atom is -0.482 e. The number of allylic oxidation sites excluding steroid dienone is 1. The molecule has 0 aromatic heterocycles. The Morgan fingerprint density at radius 1 is 0.814 bits per heavy atom. The summed E-state index contributed by atoms with van der Waals surface area (Å²) in [6.45, 7) is 5.97. The molecule has 3 aromatic carbocycles. The molecule has 9 atom stereocenters. The van der Waals surface area contributed by atoms with Gasteiger partial charge in [0, 0.05) is 31.1 Å². The van der Waals surface area contributed by atoms with Crippen molar-refractivity contribution in [1.29, 1.82) is 0 Å². The molecular weight excluding hydrogens is 764 g/mol. The van der Waals surface area contributed by atoms with Crippen LogP contribution in [0.3, 0.4) is 0 Å². The molecule has 3 aromatic rings. The molecule has 3 fully saturated rings. The van der Waals surface area contributed by atoms with Crippen LogP contribution >= 0.6 is 0 Å². The molecule has 1 saturated heterocycles. The normalized spacial score (nSPS) is 31.7. The molecule has 7 rings (SSSR count). The molecule has 1 aliphatic heterocycles. The van der Waals surface area contributed by atoms with Crippen LogP contribution in [0.2, 0.25) is 0 Å². The Hall–Kier alpha value is -5.57. The first-order valence-electron chi connectivity index (χ1n) is 19.6. The van der Waals surface area contributed by atoms with Crippen LogP contribution in [-0.2, 0) is 42.9 Å². The van der Waals surface area contributed by atoms with Gasteiger partial charge in [0.2, 0.25) is 5.78 Å². The van der Waals surface area contributed by atoms with Gasteiger partial charge < -0.3 is 43.4 Å². The van der Waals surface area contributed by atoms with Crippen LogP contribution in [-0.4, -0.2) is 95.3 Å². The van der Waals surface area contributed by atoms with Gasteiger partial charge in [-0.15, -0.1) is 0 Å². The lowest BCUT2D eigenvalue weighted by molar-refractivity contribution is -0.346. The minimum absolute atomic E-state index is 0.0586. The van der Waals surface area contributed by atoms with Crippen molar-refractivity contribution in [2.75, 3.05) is 19.8 Å². The van der Waals surface area contributed by atoms with Gasteiger partial charge in [0.1, 0.15) is 35.4 Å². The predicted molar refractivity (Wildman–Crippen MR) is 206 cm³/mol. The van der Waals surface area contributed by atoms with E-state index in [9.17, 15) is 29.4 Å². The molecule has 1 heterocycles. The van der Waals surface area contributed by atoms with E-state index in [0.29, 0.717) is 11.5 Å². The average molecular weight is 813 g/mol. The molecule has 2 bridgehead atoms. The molecule has 59 heavy (non-hydrogen) atoms. The number of aliphatic hydroxyl groups excluding tert-OH is 1. The number of hydrogen-bond donors (Lipinski definition) is 2. The van der Waals surface area contributed by atoms with Crippen molar-refractivity contribution < 1.29 is 67.3 Å². The standard InChI is InChI=1S/C45H48O14/c1-26-31(47)22-45(52)40(58-41(51)28-15-9-6-10-16-28)38-43(5,39(50)37(36(26)42(45,3)4)57-35(49)24-54-30-19-13-8-14-20-30)32(21-33-44(38,25-55-33)59-27(2)46)56-34(48)23-53-29-17-11-7-12-18-29/h6-20,26,31-33,38,40,47,52H,21-25H2,1-5H3/t26?,31?,32-,33+,38-,40-,43+,44-,45+/m0/s1. The molecule has 2 saturated carbocycles. The second-order valence-corrected chi connectivity index (χ2v) is 16.4. The zero-order chi connectivity index (χ0) is 42.3. The Kier molecular flexibility index (Phi) is 11.2. The average Bonchev–Trinajstić information content (AvgIpc) is 3.21. The molecule has 312 valence electrons. The first-order valence-corrected chi connectivity index (χ1v) is 19.6. The van der Waals surface area contributed by atoms with Gasteiger partial charge in [0.25, 0.3) is 0 Å². The highest BCUT2D eigenvalue weighted by atomic mass is 16.6. The third-order valence-corrected chi connectivity index (χ3v) is 12.6. The quantitative estimate of drug-likeness (QED) is 0.203. The lowest BCUT2D eigenvalue weighted by Crippen LogP contribution is -2.81. The third-order valence-electron chi connectivity index (χ3n) is 12.6. The number of para-hydroxylation sites is 2. The van der Waals surface area contributed by atoms with E-state index in [0.717, 1.165) is 0 Å². The maximum absolute atomic E-state index is 15.9. The lowest BCUT2D eigenvalue weighted by atomic mass is 9.45. The number of esters is 4. The number of benzene rings is 3. The van der Waals surface area contributed by atoms with Gasteiger partial charge in [-0.1, -0.05) is 75.4 Å². The summed E-state index contributed by atoms with van der Waals surface area (Å²) in [5.74, 6) is -6.62. The van der Waals surface area contributed by atoms with Crippen LogP contribution in [0.4, 0.5) is 0 Å².